The van der Waals surface area contributed by atoms with Gasteiger partial charge >= 0.3 is 6.18 Å². The van der Waals surface area contributed by atoms with Crippen LogP contribution in [0.25, 0.3) is 0 Å². The van der Waals surface area contributed by atoms with Crippen molar-refractivity contribution >= 4 is 0 Å². The molecular formula is C20H26F3N3O2. The van der Waals surface area contributed by atoms with Crippen molar-refractivity contribution in [2.24, 2.45) is 5.92 Å². The Kier molecular flexibility index (Phi) is 6.61. The highest BCUT2D eigenvalue weighted by Gasteiger charge is 2.30. The second-order valence-corrected chi connectivity index (χ2v) is 7.45. The Hall–Kier alpha value is -2.06. The second-order valence-electron chi connectivity index (χ2n) is 7.45. The van der Waals surface area contributed by atoms with Gasteiger partial charge in [-0.15, -0.1) is 0 Å². The monoisotopic (exact) mass is 397 g/mol. The van der Waals surface area contributed by atoms with Crippen molar-refractivity contribution in [1.82, 2.24) is 15.1 Å². The van der Waals surface area contributed by atoms with Crippen molar-refractivity contribution in [2.45, 2.75) is 32.5 Å². The number of morpholine rings is 1. The number of nitrogens with zero attached hydrogens (tertiary/aromatic N) is 2. The van der Waals surface area contributed by atoms with Gasteiger partial charge in [0.1, 0.15) is 11.9 Å². The normalized spacial score (nSPS) is 18.6. The lowest BCUT2D eigenvalue weighted by Gasteiger charge is -2.33. The molecule has 2 aromatic rings. The average molecular weight is 397 g/mol. The molecule has 0 aliphatic carbocycles. The number of halogens is 3. The largest absolute Gasteiger partial charge is 0.493 e. The third-order valence-corrected chi connectivity index (χ3v) is 4.56. The van der Waals surface area contributed by atoms with Gasteiger partial charge in [-0.25, -0.2) is 0 Å². The average Bonchev–Trinajstić information content (AvgIpc) is 3.10. The predicted molar refractivity (Wildman–Crippen MR) is 99.2 cm³/mol. The van der Waals surface area contributed by atoms with Gasteiger partial charge in [0, 0.05) is 31.7 Å². The lowest BCUT2D eigenvalue weighted by Crippen LogP contribution is -2.40. The minimum absolute atomic E-state index is 0.0677. The molecule has 1 N–H and O–H groups in total. The summed E-state index contributed by atoms with van der Waals surface area (Å²) >= 11 is 0. The molecule has 5 nitrogen and oxygen atoms in total. The zero-order chi connectivity index (χ0) is 20.1. The highest BCUT2D eigenvalue weighted by Crippen LogP contribution is 2.31. The Balaban J connectivity index is 1.51. The summed E-state index contributed by atoms with van der Waals surface area (Å²) < 4.78 is 49.6. The van der Waals surface area contributed by atoms with Crippen LogP contribution in [-0.4, -0.2) is 47.9 Å². The minimum Gasteiger partial charge on any atom is -0.493 e. The maximum Gasteiger partial charge on any atom is 0.416 e. The lowest BCUT2D eigenvalue weighted by atomic mass is 10.1. The van der Waals surface area contributed by atoms with Gasteiger partial charge < -0.3 is 9.47 Å². The van der Waals surface area contributed by atoms with Crippen molar-refractivity contribution in [2.75, 3.05) is 32.8 Å². The van der Waals surface area contributed by atoms with Gasteiger partial charge in [0.25, 0.3) is 0 Å². The van der Waals surface area contributed by atoms with Gasteiger partial charge in [-0.05, 0) is 30.2 Å². The molecule has 0 radical (unpaired) electrons. The molecule has 1 aliphatic rings. The zero-order valence-corrected chi connectivity index (χ0v) is 16.1. The highest BCUT2D eigenvalue weighted by atomic mass is 19.4. The van der Waals surface area contributed by atoms with E-state index in [1.54, 1.807) is 0 Å². The first kappa shape index (κ1) is 20.7. The van der Waals surface area contributed by atoms with E-state index in [2.05, 4.69) is 28.9 Å². The van der Waals surface area contributed by atoms with Crippen LogP contribution in [-0.2, 0) is 17.3 Å². The lowest BCUT2D eigenvalue weighted by molar-refractivity contribution is -0.137. The third-order valence-electron chi connectivity index (χ3n) is 4.56. The quantitative estimate of drug-likeness (QED) is 0.765. The first-order valence-electron chi connectivity index (χ1n) is 9.49. The van der Waals surface area contributed by atoms with Crippen LogP contribution in [0.4, 0.5) is 13.2 Å². The number of hydrogen-bond donors (Lipinski definition) is 1. The zero-order valence-electron chi connectivity index (χ0n) is 16.1. The summed E-state index contributed by atoms with van der Waals surface area (Å²) in [6, 6.07) is 6.85. The molecule has 1 saturated heterocycles. The number of benzene rings is 1. The predicted octanol–water partition coefficient (Wildman–Crippen LogP) is 4.08. The van der Waals surface area contributed by atoms with Crippen LogP contribution >= 0.6 is 0 Å². The van der Waals surface area contributed by atoms with E-state index in [1.165, 1.54) is 12.1 Å². The molecule has 0 amide bonds. The summed E-state index contributed by atoms with van der Waals surface area (Å²) in [7, 11) is 0. The summed E-state index contributed by atoms with van der Waals surface area (Å²) in [6.45, 7) is 8.09. The van der Waals surface area contributed by atoms with Gasteiger partial charge in [0.05, 0.1) is 24.5 Å². The molecule has 0 bridgehead atoms. The number of aromatic nitrogens is 2. The van der Waals surface area contributed by atoms with Crippen molar-refractivity contribution < 1.29 is 22.6 Å². The molecule has 8 heteroatoms. The fraction of sp³-hybridized carbons (Fsp3) is 0.550. The van der Waals surface area contributed by atoms with Crippen LogP contribution in [0.3, 0.4) is 0 Å². The first-order chi connectivity index (χ1) is 13.3. The van der Waals surface area contributed by atoms with Gasteiger partial charge in [0.15, 0.2) is 0 Å². The number of hydrogen-bond acceptors (Lipinski definition) is 4. The van der Waals surface area contributed by atoms with Crippen molar-refractivity contribution in [3.63, 3.8) is 0 Å². The molecule has 1 aliphatic heterocycles. The fourth-order valence-corrected chi connectivity index (χ4v) is 3.28. The van der Waals surface area contributed by atoms with E-state index in [1.807, 2.05) is 6.07 Å². The SMILES string of the molecule is CC(C)CN1CCO[C@@H](c2cc(CCOc3cccc(C(F)(F)F)c3)[nH]n2)C1. The van der Waals surface area contributed by atoms with Crippen LogP contribution in [0, 0.1) is 5.92 Å². The van der Waals surface area contributed by atoms with Crippen molar-refractivity contribution in [3.05, 3.63) is 47.3 Å². The Morgan fingerprint density at radius 3 is 2.89 bits per heavy atom. The number of alkyl halides is 3. The molecule has 1 atom stereocenters. The molecule has 0 unspecified atom stereocenters. The number of aromatic amines is 1. The Morgan fingerprint density at radius 2 is 2.14 bits per heavy atom. The highest BCUT2D eigenvalue weighted by molar-refractivity contribution is 5.30. The molecule has 1 aromatic carbocycles. The van der Waals surface area contributed by atoms with Crippen molar-refractivity contribution in [3.8, 4) is 5.75 Å². The van der Waals surface area contributed by atoms with Crippen LogP contribution in [0.1, 0.15) is 36.9 Å². The summed E-state index contributed by atoms with van der Waals surface area (Å²) in [5.74, 6) is 0.802. The smallest absolute Gasteiger partial charge is 0.416 e. The van der Waals surface area contributed by atoms with Gasteiger partial charge in [-0.2, -0.15) is 18.3 Å². The topological polar surface area (TPSA) is 50.4 Å². The first-order valence-corrected chi connectivity index (χ1v) is 9.49. The summed E-state index contributed by atoms with van der Waals surface area (Å²) in [4.78, 5) is 2.38. The molecule has 28 heavy (non-hydrogen) atoms. The molecule has 1 aromatic heterocycles. The van der Waals surface area contributed by atoms with E-state index in [4.69, 9.17) is 9.47 Å². The van der Waals surface area contributed by atoms with E-state index in [9.17, 15) is 13.2 Å². The van der Waals surface area contributed by atoms with Crippen molar-refractivity contribution in [1.29, 1.82) is 0 Å². The molecule has 2 heterocycles. The summed E-state index contributed by atoms with van der Waals surface area (Å²) in [5.41, 5.74) is 1.00. The Bertz CT molecular complexity index is 761. The number of H-pyrrole nitrogens is 1. The van der Waals surface area contributed by atoms with E-state index < -0.39 is 11.7 Å². The van der Waals surface area contributed by atoms with Crippen LogP contribution < -0.4 is 4.74 Å². The van der Waals surface area contributed by atoms with Gasteiger partial charge in [-0.3, -0.25) is 10.00 Å². The van der Waals surface area contributed by atoms with Crippen LogP contribution in [0.15, 0.2) is 30.3 Å². The van der Waals surface area contributed by atoms with Gasteiger partial charge in [0.2, 0.25) is 0 Å². The molecule has 0 saturated carbocycles. The fourth-order valence-electron chi connectivity index (χ4n) is 3.28. The van der Waals surface area contributed by atoms with Gasteiger partial charge in [-0.1, -0.05) is 19.9 Å². The molecule has 0 spiro atoms. The molecule has 154 valence electrons. The molecule has 1 fully saturated rings. The van der Waals surface area contributed by atoms with E-state index in [-0.39, 0.29) is 18.5 Å². The maximum atomic E-state index is 12.7. The summed E-state index contributed by atoms with van der Waals surface area (Å²) in [5, 5.41) is 7.32. The molecular weight excluding hydrogens is 371 g/mol. The molecule has 3 rings (SSSR count). The second kappa shape index (κ2) is 8.96. The minimum atomic E-state index is -4.37. The number of rotatable bonds is 7. The van der Waals surface area contributed by atoms with Crippen LogP contribution in [0.2, 0.25) is 0 Å². The van der Waals surface area contributed by atoms with E-state index in [0.29, 0.717) is 18.9 Å². The van der Waals surface area contributed by atoms with E-state index >= 15 is 0 Å². The third kappa shape index (κ3) is 5.72. The Labute approximate surface area is 162 Å². The summed E-state index contributed by atoms with van der Waals surface area (Å²) in [6.07, 6.45) is -3.92. The maximum absolute atomic E-state index is 12.7. The Morgan fingerprint density at radius 1 is 1.32 bits per heavy atom. The van der Waals surface area contributed by atoms with Crippen LogP contribution in [0.5, 0.6) is 5.75 Å². The standard InChI is InChI=1S/C20H26F3N3O2/c1-14(2)12-26-7-9-28-19(13-26)18-11-16(24-25-18)6-8-27-17-5-3-4-15(10-17)20(21,22)23/h3-5,10-11,14,19H,6-9,12-13H2,1-2H3,(H,24,25)/t19-/m1/s1. The number of ether oxygens (including phenoxy) is 2. The van der Waals surface area contributed by atoms with E-state index in [0.717, 1.165) is 43.2 Å². The number of nitrogens with one attached hydrogen (secondary N) is 1.